The Bertz CT molecular complexity index is 3960. The molecule has 6 heterocycles. The Hall–Kier alpha value is -7.28. The highest BCUT2D eigenvalue weighted by atomic mass is 32.1. The second kappa shape index (κ2) is 10.3. The Morgan fingerprint density at radius 1 is 0.393 bits per heavy atom. The monoisotopic (exact) mass is 729 g/mol. The van der Waals surface area contributed by atoms with Crippen molar-refractivity contribution in [3.8, 4) is 11.8 Å². The van der Waals surface area contributed by atoms with E-state index >= 15 is 0 Å². The molecule has 5 nitrogen and oxygen atoms in total. The maximum absolute atomic E-state index is 5.71. The molecule has 0 spiro atoms. The molecule has 0 amide bonds. The van der Waals surface area contributed by atoms with Gasteiger partial charge in [0, 0.05) is 53.2 Å². The van der Waals surface area contributed by atoms with Crippen molar-refractivity contribution in [1.82, 2.24) is 23.5 Å². The lowest BCUT2D eigenvalue weighted by Crippen LogP contribution is -2.06. The molecule has 0 bridgehead atoms. The molecule has 0 saturated heterocycles. The van der Waals surface area contributed by atoms with Gasteiger partial charge in [-0.2, -0.15) is 4.98 Å². The molecule has 8 aromatic carbocycles. The van der Waals surface area contributed by atoms with Crippen LogP contribution in [0.4, 0.5) is 0 Å². The minimum Gasteiger partial charge on any atom is -0.308 e. The summed E-state index contributed by atoms with van der Waals surface area (Å²) in [5.74, 6) is 1.56. The fourth-order valence-electron chi connectivity index (χ4n) is 9.95. The number of thiophene rings is 1. The summed E-state index contributed by atoms with van der Waals surface area (Å²) in [6, 6.07) is 59.5. The number of hydrogen-bond donors (Lipinski definition) is 0. The number of hydrogen-bond acceptors (Lipinski definition) is 3. The fraction of sp³-hybridized carbons (Fsp3) is 0. The van der Waals surface area contributed by atoms with Gasteiger partial charge < -0.3 is 4.40 Å². The Labute approximate surface area is 321 Å². The highest BCUT2D eigenvalue weighted by Gasteiger charge is 2.27. The molecule has 0 atom stereocenters. The number of fused-ring (bicyclic) bond motifs is 18. The molecule has 14 aromatic rings. The van der Waals surface area contributed by atoms with Crippen molar-refractivity contribution in [3.63, 3.8) is 0 Å². The minimum atomic E-state index is 0.665. The zero-order chi connectivity index (χ0) is 36.2. The first-order valence-electron chi connectivity index (χ1n) is 19.0. The number of para-hydroxylation sites is 4. The van der Waals surface area contributed by atoms with Crippen LogP contribution in [0.3, 0.4) is 0 Å². The van der Waals surface area contributed by atoms with E-state index in [0.717, 1.165) is 38.0 Å². The number of nitrogens with zero attached hydrogens (tertiary/aromatic N) is 5. The molecule has 258 valence electrons. The molecular weight excluding hydrogens is 703 g/mol. The maximum atomic E-state index is 5.71. The quantitative estimate of drug-likeness (QED) is 0.178. The molecule has 14 rings (SSSR count). The Morgan fingerprint density at radius 2 is 0.982 bits per heavy atom. The molecule has 0 aliphatic rings. The van der Waals surface area contributed by atoms with E-state index < -0.39 is 0 Å². The van der Waals surface area contributed by atoms with Gasteiger partial charge in [0.05, 0.1) is 48.8 Å². The summed E-state index contributed by atoms with van der Waals surface area (Å²) >= 11 is 1.78. The normalized spacial score (nSPS) is 12.6. The predicted octanol–water partition coefficient (Wildman–Crippen LogP) is 13.3. The van der Waals surface area contributed by atoms with Gasteiger partial charge in [-0.25, -0.2) is 4.98 Å². The van der Waals surface area contributed by atoms with Crippen LogP contribution in [0.5, 0.6) is 0 Å². The van der Waals surface area contributed by atoms with E-state index in [-0.39, 0.29) is 0 Å². The van der Waals surface area contributed by atoms with Crippen LogP contribution in [0.1, 0.15) is 0 Å². The van der Waals surface area contributed by atoms with E-state index in [0.29, 0.717) is 5.95 Å². The standard InChI is InChI=1S/C50H27N5S/c1-2-14-29-28(13-1)25-26-41-43(29)36-27-35-32-17-5-10-22-39(32)55(46(35)44-33-18-6-11-23-40(33)53(41)47(36)44)49-48-45(34-19-7-12-24-42(34)56-48)51-50(52-49)54-37-20-8-3-15-30(37)31-16-4-9-21-38(31)54/h1-27H. The van der Waals surface area contributed by atoms with Crippen LogP contribution < -0.4 is 0 Å². The van der Waals surface area contributed by atoms with Gasteiger partial charge in [-0.05, 0) is 53.2 Å². The molecule has 0 aliphatic heterocycles. The van der Waals surface area contributed by atoms with E-state index in [1.54, 1.807) is 11.3 Å². The van der Waals surface area contributed by atoms with Gasteiger partial charge in [0.2, 0.25) is 5.95 Å². The van der Waals surface area contributed by atoms with E-state index in [9.17, 15) is 0 Å². The van der Waals surface area contributed by atoms with Crippen molar-refractivity contribution in [2.75, 3.05) is 0 Å². The zero-order valence-corrected chi connectivity index (χ0v) is 30.5. The van der Waals surface area contributed by atoms with E-state index in [1.807, 2.05) is 0 Å². The van der Waals surface area contributed by atoms with Crippen LogP contribution in [-0.4, -0.2) is 23.5 Å². The van der Waals surface area contributed by atoms with Crippen LogP contribution in [0, 0.1) is 0 Å². The first-order valence-corrected chi connectivity index (χ1v) is 19.8. The molecule has 0 N–H and O–H groups in total. The van der Waals surface area contributed by atoms with Gasteiger partial charge in [0.25, 0.3) is 0 Å². The number of aromatic nitrogens is 5. The number of benzene rings is 8. The van der Waals surface area contributed by atoms with E-state index in [4.69, 9.17) is 9.97 Å². The third-order valence-electron chi connectivity index (χ3n) is 12.2. The first kappa shape index (κ1) is 29.1. The Morgan fingerprint density at radius 3 is 1.73 bits per heavy atom. The third kappa shape index (κ3) is 3.47. The van der Waals surface area contributed by atoms with Crippen LogP contribution in [0.15, 0.2) is 164 Å². The molecule has 0 aliphatic carbocycles. The highest BCUT2D eigenvalue weighted by molar-refractivity contribution is 7.26. The van der Waals surface area contributed by atoms with Crippen LogP contribution in [0.25, 0.3) is 125 Å². The molecule has 56 heavy (non-hydrogen) atoms. The average molecular weight is 730 g/mol. The molecule has 6 aromatic heterocycles. The van der Waals surface area contributed by atoms with Crippen molar-refractivity contribution in [1.29, 1.82) is 0 Å². The molecule has 0 radical (unpaired) electrons. The van der Waals surface area contributed by atoms with Crippen LogP contribution >= 0.6 is 11.3 Å². The molecule has 0 saturated carbocycles. The summed E-state index contributed by atoms with van der Waals surface area (Å²) < 4.78 is 9.48. The van der Waals surface area contributed by atoms with Crippen molar-refractivity contribution in [3.05, 3.63) is 164 Å². The van der Waals surface area contributed by atoms with Crippen LogP contribution in [0.2, 0.25) is 0 Å². The largest absolute Gasteiger partial charge is 0.308 e. The Kier molecular flexibility index (Phi) is 5.34. The summed E-state index contributed by atoms with van der Waals surface area (Å²) in [6.07, 6.45) is 0. The predicted molar refractivity (Wildman–Crippen MR) is 236 cm³/mol. The molecule has 0 fully saturated rings. The van der Waals surface area contributed by atoms with Crippen LogP contribution in [-0.2, 0) is 0 Å². The van der Waals surface area contributed by atoms with Crippen molar-refractivity contribution >= 4 is 124 Å². The summed E-state index contributed by atoms with van der Waals surface area (Å²) in [7, 11) is 0. The lowest BCUT2D eigenvalue weighted by atomic mass is 10.00. The first-order chi connectivity index (χ1) is 27.8. The van der Waals surface area contributed by atoms with Crippen molar-refractivity contribution in [2.45, 2.75) is 0 Å². The second-order valence-electron chi connectivity index (χ2n) is 14.9. The zero-order valence-electron chi connectivity index (χ0n) is 29.7. The summed E-state index contributed by atoms with van der Waals surface area (Å²) in [5.41, 5.74) is 9.14. The fourth-order valence-corrected chi connectivity index (χ4v) is 11.1. The lowest BCUT2D eigenvalue weighted by molar-refractivity contribution is 0.977. The maximum Gasteiger partial charge on any atom is 0.237 e. The van der Waals surface area contributed by atoms with Crippen molar-refractivity contribution in [2.24, 2.45) is 0 Å². The van der Waals surface area contributed by atoms with Gasteiger partial charge in [0.1, 0.15) is 0 Å². The molecular formula is C50H27N5S. The summed E-state index contributed by atoms with van der Waals surface area (Å²) in [5, 5.41) is 13.5. The van der Waals surface area contributed by atoms with Gasteiger partial charge in [-0.3, -0.25) is 9.13 Å². The van der Waals surface area contributed by atoms with Gasteiger partial charge in [-0.1, -0.05) is 121 Å². The van der Waals surface area contributed by atoms with Gasteiger partial charge >= 0.3 is 0 Å². The summed E-state index contributed by atoms with van der Waals surface area (Å²) in [4.78, 5) is 11.2. The topological polar surface area (TPSA) is 40.0 Å². The van der Waals surface area contributed by atoms with E-state index in [1.165, 1.54) is 80.6 Å². The number of rotatable bonds is 2. The average Bonchev–Trinajstić information content (AvgIpc) is 4.05. The second-order valence-corrected chi connectivity index (χ2v) is 16.0. The molecule has 0 unspecified atom stereocenters. The minimum absolute atomic E-state index is 0.665. The smallest absolute Gasteiger partial charge is 0.237 e. The van der Waals surface area contributed by atoms with Gasteiger partial charge in [0.15, 0.2) is 5.82 Å². The summed E-state index contributed by atoms with van der Waals surface area (Å²) in [6.45, 7) is 0. The van der Waals surface area contributed by atoms with Crippen molar-refractivity contribution < 1.29 is 0 Å². The van der Waals surface area contributed by atoms with Gasteiger partial charge in [-0.15, -0.1) is 11.3 Å². The lowest BCUT2D eigenvalue weighted by Gasteiger charge is -2.13. The third-order valence-corrected chi connectivity index (χ3v) is 13.3. The Balaban J connectivity index is 1.23. The highest BCUT2D eigenvalue weighted by Crippen LogP contribution is 2.49. The van der Waals surface area contributed by atoms with E-state index in [2.05, 4.69) is 177 Å². The molecule has 6 heteroatoms. The SMILES string of the molecule is c1ccc2c(c1)ccc1c2c2cc3c4ccccc4n(-c4nc(-n5c6ccccc6c6ccccc65)nc5c4sc4ccccc45)c3c3c4ccccc4n1c23.